The first kappa shape index (κ1) is 16.3. The summed E-state index contributed by atoms with van der Waals surface area (Å²) in [7, 11) is 0. The van der Waals surface area contributed by atoms with Gasteiger partial charge in [-0.1, -0.05) is 6.07 Å². The molecule has 8 heteroatoms. The number of amides is 1. The molecule has 0 aliphatic carbocycles. The molecule has 0 radical (unpaired) electrons. The van der Waals surface area contributed by atoms with Crippen LogP contribution in [-0.4, -0.2) is 20.4 Å². The molecule has 124 valence electrons. The van der Waals surface area contributed by atoms with Gasteiger partial charge in [-0.05, 0) is 30.3 Å². The molecule has 0 spiro atoms. The van der Waals surface area contributed by atoms with Crippen LogP contribution in [0.1, 0.15) is 21.7 Å². The van der Waals surface area contributed by atoms with Crippen molar-refractivity contribution in [3.63, 3.8) is 0 Å². The van der Waals surface area contributed by atoms with E-state index in [4.69, 9.17) is 0 Å². The van der Waals surface area contributed by atoms with Crippen LogP contribution in [0.3, 0.4) is 0 Å². The van der Waals surface area contributed by atoms with Gasteiger partial charge in [-0.3, -0.25) is 9.78 Å². The van der Waals surface area contributed by atoms with Gasteiger partial charge in [0.25, 0.3) is 5.91 Å². The topological polar surface area (TPSA) is 83.6 Å². The van der Waals surface area contributed by atoms with Crippen molar-refractivity contribution in [2.75, 3.05) is 5.32 Å². The van der Waals surface area contributed by atoms with E-state index in [1.807, 2.05) is 6.07 Å². The summed E-state index contributed by atoms with van der Waals surface area (Å²) in [5.41, 5.74) is 0.310. The molecule has 25 heavy (non-hydrogen) atoms. The quantitative estimate of drug-likeness (QED) is 0.792. The third kappa shape index (κ3) is 3.50. The van der Waals surface area contributed by atoms with Crippen LogP contribution in [0, 0.1) is 23.0 Å². The Morgan fingerprint density at radius 2 is 2.08 bits per heavy atom. The lowest BCUT2D eigenvalue weighted by Crippen LogP contribution is -2.15. The number of nitriles is 1. The number of carbonyl (C=O) groups is 1. The molecule has 2 heterocycles. The SMILES string of the molecule is N#Cc1c(NC(=O)c2cc(F)ccc2F)ncn1Cc1ccccn1. The van der Waals surface area contributed by atoms with Crippen molar-refractivity contribution < 1.29 is 13.6 Å². The maximum absolute atomic E-state index is 13.7. The lowest BCUT2D eigenvalue weighted by Gasteiger charge is -2.06. The second-order valence-electron chi connectivity index (χ2n) is 5.08. The fourth-order valence-corrected chi connectivity index (χ4v) is 2.22. The monoisotopic (exact) mass is 339 g/mol. The van der Waals surface area contributed by atoms with Crippen LogP contribution in [0.5, 0.6) is 0 Å². The van der Waals surface area contributed by atoms with Crippen LogP contribution in [0.4, 0.5) is 14.6 Å². The predicted molar refractivity (Wildman–Crippen MR) is 84.6 cm³/mol. The van der Waals surface area contributed by atoms with E-state index in [0.717, 1.165) is 18.2 Å². The molecule has 0 saturated heterocycles. The van der Waals surface area contributed by atoms with Crippen LogP contribution < -0.4 is 5.32 Å². The summed E-state index contributed by atoms with van der Waals surface area (Å²) in [5, 5.41) is 11.7. The second kappa shape index (κ2) is 6.88. The fraction of sp³-hybridized carbons (Fsp3) is 0.0588. The number of benzene rings is 1. The molecule has 0 saturated carbocycles. The predicted octanol–water partition coefficient (Wildman–Crippen LogP) is 2.73. The molecule has 3 aromatic rings. The van der Waals surface area contributed by atoms with Crippen molar-refractivity contribution in [1.82, 2.24) is 14.5 Å². The number of carbonyl (C=O) groups excluding carboxylic acids is 1. The van der Waals surface area contributed by atoms with Gasteiger partial charge < -0.3 is 9.88 Å². The average molecular weight is 339 g/mol. The highest BCUT2D eigenvalue weighted by molar-refractivity contribution is 6.04. The largest absolute Gasteiger partial charge is 0.314 e. The number of pyridine rings is 1. The summed E-state index contributed by atoms with van der Waals surface area (Å²) in [6.45, 7) is 0.279. The standard InChI is InChI=1S/C17H11F2N5O/c18-11-4-5-14(19)13(7-11)17(25)23-16-15(8-20)24(10-22-16)9-12-3-1-2-6-21-12/h1-7,10H,9H2,(H,23,25). The van der Waals surface area contributed by atoms with Crippen molar-refractivity contribution in [1.29, 1.82) is 5.26 Å². The first-order valence-electron chi connectivity index (χ1n) is 7.20. The molecule has 0 fully saturated rings. The number of rotatable bonds is 4. The maximum atomic E-state index is 13.7. The summed E-state index contributed by atoms with van der Waals surface area (Å²) in [6.07, 6.45) is 2.98. The van der Waals surface area contributed by atoms with Crippen LogP contribution >= 0.6 is 0 Å². The summed E-state index contributed by atoms with van der Waals surface area (Å²) in [6, 6.07) is 9.84. The van der Waals surface area contributed by atoms with Crippen molar-refractivity contribution >= 4 is 11.7 Å². The molecule has 6 nitrogen and oxygen atoms in total. The van der Waals surface area contributed by atoms with E-state index in [9.17, 15) is 18.8 Å². The smallest absolute Gasteiger partial charge is 0.259 e. The van der Waals surface area contributed by atoms with Gasteiger partial charge in [0.15, 0.2) is 11.5 Å². The van der Waals surface area contributed by atoms with E-state index in [1.165, 1.54) is 10.9 Å². The van der Waals surface area contributed by atoms with Gasteiger partial charge in [0.2, 0.25) is 0 Å². The Labute approximate surface area is 141 Å². The van der Waals surface area contributed by atoms with Crippen LogP contribution in [0.15, 0.2) is 48.9 Å². The lowest BCUT2D eigenvalue weighted by atomic mass is 10.2. The van der Waals surface area contributed by atoms with E-state index in [-0.39, 0.29) is 18.1 Å². The molecule has 0 unspecified atom stereocenters. The third-order valence-electron chi connectivity index (χ3n) is 3.41. The molecular weight excluding hydrogens is 328 g/mol. The molecule has 2 aromatic heterocycles. The molecule has 0 aliphatic heterocycles. The Hall–Kier alpha value is -3.60. The number of halogens is 2. The Balaban J connectivity index is 1.85. The average Bonchev–Trinajstić information content (AvgIpc) is 2.99. The molecule has 3 rings (SSSR count). The Bertz CT molecular complexity index is 963. The van der Waals surface area contributed by atoms with Crippen molar-refractivity contribution in [3.8, 4) is 6.07 Å². The molecule has 0 aliphatic rings. The first-order valence-corrected chi connectivity index (χ1v) is 7.20. The zero-order valence-corrected chi connectivity index (χ0v) is 12.8. The summed E-state index contributed by atoms with van der Waals surface area (Å²) in [5.74, 6) is -2.54. The third-order valence-corrected chi connectivity index (χ3v) is 3.41. The number of anilines is 1. The number of hydrogen-bond acceptors (Lipinski definition) is 4. The zero-order valence-electron chi connectivity index (χ0n) is 12.8. The minimum atomic E-state index is -0.892. The highest BCUT2D eigenvalue weighted by Crippen LogP contribution is 2.17. The molecule has 1 N–H and O–H groups in total. The number of nitrogens with zero attached hydrogens (tertiary/aromatic N) is 4. The Kier molecular flexibility index (Phi) is 4.48. The number of imidazole rings is 1. The minimum Gasteiger partial charge on any atom is -0.314 e. The second-order valence-corrected chi connectivity index (χ2v) is 5.08. The number of aromatic nitrogens is 3. The molecular formula is C17H11F2N5O. The van der Waals surface area contributed by atoms with E-state index >= 15 is 0 Å². The van der Waals surface area contributed by atoms with Gasteiger partial charge in [0.1, 0.15) is 17.7 Å². The van der Waals surface area contributed by atoms with Crippen LogP contribution in [0.2, 0.25) is 0 Å². The number of hydrogen-bond donors (Lipinski definition) is 1. The number of nitrogens with one attached hydrogen (secondary N) is 1. The highest BCUT2D eigenvalue weighted by Gasteiger charge is 2.18. The molecule has 0 atom stereocenters. The van der Waals surface area contributed by atoms with E-state index in [1.54, 1.807) is 24.4 Å². The van der Waals surface area contributed by atoms with Gasteiger partial charge in [0, 0.05) is 6.20 Å². The minimum absolute atomic E-state index is 0.0351. The maximum Gasteiger partial charge on any atom is 0.259 e. The van der Waals surface area contributed by atoms with E-state index < -0.39 is 23.1 Å². The molecule has 0 bridgehead atoms. The molecule has 1 aromatic carbocycles. The molecule has 1 amide bonds. The van der Waals surface area contributed by atoms with Gasteiger partial charge in [-0.2, -0.15) is 5.26 Å². The summed E-state index contributed by atoms with van der Waals surface area (Å²) >= 11 is 0. The van der Waals surface area contributed by atoms with Gasteiger partial charge in [0.05, 0.1) is 24.1 Å². The summed E-state index contributed by atoms with van der Waals surface area (Å²) < 4.78 is 28.4. The summed E-state index contributed by atoms with van der Waals surface area (Å²) in [4.78, 5) is 20.3. The fourth-order valence-electron chi connectivity index (χ4n) is 2.22. The van der Waals surface area contributed by atoms with Crippen LogP contribution in [-0.2, 0) is 6.54 Å². The van der Waals surface area contributed by atoms with Crippen molar-refractivity contribution in [2.24, 2.45) is 0 Å². The highest BCUT2D eigenvalue weighted by atomic mass is 19.1. The van der Waals surface area contributed by atoms with Crippen molar-refractivity contribution in [2.45, 2.75) is 6.54 Å². The first-order chi connectivity index (χ1) is 12.1. The van der Waals surface area contributed by atoms with Gasteiger partial charge in [-0.15, -0.1) is 0 Å². The van der Waals surface area contributed by atoms with Crippen molar-refractivity contribution in [3.05, 3.63) is 77.5 Å². The van der Waals surface area contributed by atoms with E-state index in [0.29, 0.717) is 5.69 Å². The Morgan fingerprint density at radius 1 is 1.24 bits per heavy atom. The normalized spacial score (nSPS) is 10.3. The van der Waals surface area contributed by atoms with Gasteiger partial charge >= 0.3 is 0 Å². The van der Waals surface area contributed by atoms with Gasteiger partial charge in [-0.25, -0.2) is 13.8 Å². The zero-order chi connectivity index (χ0) is 17.8. The lowest BCUT2D eigenvalue weighted by molar-refractivity contribution is 0.102. The van der Waals surface area contributed by atoms with E-state index in [2.05, 4.69) is 15.3 Å². The van der Waals surface area contributed by atoms with Crippen LogP contribution in [0.25, 0.3) is 0 Å². The Morgan fingerprint density at radius 3 is 2.80 bits per heavy atom.